The summed E-state index contributed by atoms with van der Waals surface area (Å²) >= 11 is 0. The number of nitrogens with one attached hydrogen (secondary N) is 1. The summed E-state index contributed by atoms with van der Waals surface area (Å²) in [7, 11) is 0. The molecular weight excluding hydrogens is 272 g/mol. The highest BCUT2D eigenvalue weighted by atomic mass is 15.4. The second kappa shape index (κ2) is 5.46. The molecule has 1 aromatic heterocycles. The Morgan fingerprint density at radius 3 is 2.45 bits per heavy atom. The normalized spacial score (nSPS) is 15.4. The number of para-hydroxylation sites is 1. The molecule has 1 fully saturated rings. The molecule has 2 heterocycles. The number of hydrogen-bond acceptors (Lipinski definition) is 3. The van der Waals surface area contributed by atoms with E-state index in [9.17, 15) is 0 Å². The van der Waals surface area contributed by atoms with Crippen molar-refractivity contribution in [1.29, 1.82) is 0 Å². The molecule has 112 valence electrons. The van der Waals surface area contributed by atoms with E-state index < -0.39 is 0 Å². The zero-order valence-corrected chi connectivity index (χ0v) is 12.8. The van der Waals surface area contributed by atoms with Gasteiger partial charge in [-0.3, -0.25) is 0 Å². The molecule has 0 aliphatic carbocycles. The number of aryl methyl sites for hydroxylation is 1. The van der Waals surface area contributed by atoms with Gasteiger partial charge in [0.1, 0.15) is 0 Å². The van der Waals surface area contributed by atoms with Crippen LogP contribution in [-0.2, 0) is 0 Å². The van der Waals surface area contributed by atoms with Crippen molar-refractivity contribution in [2.45, 2.75) is 6.92 Å². The first-order valence-electron chi connectivity index (χ1n) is 7.83. The van der Waals surface area contributed by atoms with Crippen LogP contribution in [-0.4, -0.2) is 36.0 Å². The number of hydrogen-bond donors (Lipinski definition) is 1. The molecule has 1 aliphatic rings. The molecule has 1 aliphatic heterocycles. The van der Waals surface area contributed by atoms with Crippen LogP contribution in [0, 0.1) is 6.92 Å². The summed E-state index contributed by atoms with van der Waals surface area (Å²) in [5.74, 6) is 1.10. The predicted molar refractivity (Wildman–Crippen MR) is 90.9 cm³/mol. The highest BCUT2D eigenvalue weighted by Crippen LogP contribution is 2.28. The fraction of sp³-hybridized carbons (Fsp3) is 0.278. The number of benzene rings is 2. The van der Waals surface area contributed by atoms with Gasteiger partial charge >= 0.3 is 0 Å². The first-order chi connectivity index (χ1) is 10.8. The number of nitrogens with zero attached hydrogens (tertiary/aromatic N) is 3. The minimum atomic E-state index is 1.01. The van der Waals surface area contributed by atoms with E-state index in [1.54, 1.807) is 0 Å². The Morgan fingerprint density at radius 2 is 1.68 bits per heavy atom. The van der Waals surface area contributed by atoms with Gasteiger partial charge in [0.05, 0.1) is 11.2 Å². The molecule has 0 radical (unpaired) electrons. The minimum Gasteiger partial charge on any atom is -0.352 e. The average molecular weight is 292 g/mol. The van der Waals surface area contributed by atoms with Gasteiger partial charge in [-0.2, -0.15) is 0 Å². The molecule has 4 nitrogen and oxygen atoms in total. The summed E-state index contributed by atoms with van der Waals surface area (Å²) in [4.78, 5) is 2.38. The Bertz CT molecular complexity index is 782. The third-order valence-electron chi connectivity index (χ3n) is 4.26. The SMILES string of the molecule is Cc1ccc(-n2nc(N3CCNCC3)c3ccccc32)cc1. The molecule has 1 saturated heterocycles. The summed E-state index contributed by atoms with van der Waals surface area (Å²) in [6.45, 7) is 6.17. The van der Waals surface area contributed by atoms with E-state index in [1.165, 1.54) is 16.5 Å². The van der Waals surface area contributed by atoms with Gasteiger partial charge in [-0.05, 0) is 31.2 Å². The highest BCUT2D eigenvalue weighted by Gasteiger charge is 2.18. The summed E-state index contributed by atoms with van der Waals surface area (Å²) in [6.07, 6.45) is 0. The maximum Gasteiger partial charge on any atom is 0.159 e. The van der Waals surface area contributed by atoms with Crippen LogP contribution in [0.5, 0.6) is 0 Å². The first-order valence-corrected chi connectivity index (χ1v) is 7.83. The zero-order chi connectivity index (χ0) is 14.9. The van der Waals surface area contributed by atoms with Gasteiger partial charge in [-0.25, -0.2) is 4.68 Å². The second-order valence-electron chi connectivity index (χ2n) is 5.83. The number of rotatable bonds is 2. The second-order valence-corrected chi connectivity index (χ2v) is 5.83. The molecule has 2 aromatic carbocycles. The number of aromatic nitrogens is 2. The van der Waals surface area contributed by atoms with Gasteiger partial charge in [0.15, 0.2) is 5.82 Å². The van der Waals surface area contributed by atoms with Gasteiger partial charge in [0.25, 0.3) is 0 Å². The van der Waals surface area contributed by atoms with E-state index in [0.29, 0.717) is 0 Å². The van der Waals surface area contributed by atoms with Crippen LogP contribution in [0.3, 0.4) is 0 Å². The maximum atomic E-state index is 4.93. The molecule has 0 saturated carbocycles. The van der Waals surface area contributed by atoms with Gasteiger partial charge in [0.2, 0.25) is 0 Å². The summed E-state index contributed by atoms with van der Waals surface area (Å²) in [6, 6.07) is 17.0. The summed E-state index contributed by atoms with van der Waals surface area (Å²) < 4.78 is 2.06. The lowest BCUT2D eigenvalue weighted by molar-refractivity contribution is 0.584. The van der Waals surface area contributed by atoms with Crippen molar-refractivity contribution in [3.8, 4) is 5.69 Å². The third-order valence-corrected chi connectivity index (χ3v) is 4.26. The van der Waals surface area contributed by atoms with Gasteiger partial charge in [-0.15, -0.1) is 5.10 Å². The lowest BCUT2D eigenvalue weighted by Crippen LogP contribution is -2.43. The molecule has 3 aromatic rings. The fourth-order valence-electron chi connectivity index (χ4n) is 3.04. The van der Waals surface area contributed by atoms with Crippen LogP contribution in [0.25, 0.3) is 16.6 Å². The number of fused-ring (bicyclic) bond motifs is 1. The topological polar surface area (TPSA) is 33.1 Å². The fourth-order valence-corrected chi connectivity index (χ4v) is 3.04. The van der Waals surface area contributed by atoms with E-state index >= 15 is 0 Å². The molecule has 4 heteroatoms. The Balaban J connectivity index is 1.86. The number of piperazine rings is 1. The number of anilines is 1. The van der Waals surface area contributed by atoms with Crippen LogP contribution in [0.4, 0.5) is 5.82 Å². The van der Waals surface area contributed by atoms with Crippen LogP contribution in [0.15, 0.2) is 48.5 Å². The van der Waals surface area contributed by atoms with E-state index in [2.05, 4.69) is 70.4 Å². The molecule has 0 bridgehead atoms. The van der Waals surface area contributed by atoms with Crippen molar-refractivity contribution in [2.24, 2.45) is 0 Å². The molecule has 0 spiro atoms. The van der Waals surface area contributed by atoms with E-state index in [0.717, 1.165) is 37.7 Å². The Labute approximate surface area is 130 Å². The van der Waals surface area contributed by atoms with Crippen LogP contribution >= 0.6 is 0 Å². The summed E-state index contributed by atoms with van der Waals surface area (Å²) in [5.41, 5.74) is 3.55. The van der Waals surface area contributed by atoms with E-state index in [1.807, 2.05) is 0 Å². The Morgan fingerprint density at radius 1 is 0.955 bits per heavy atom. The first kappa shape index (κ1) is 13.3. The van der Waals surface area contributed by atoms with Crippen molar-refractivity contribution >= 4 is 16.7 Å². The largest absolute Gasteiger partial charge is 0.352 e. The smallest absolute Gasteiger partial charge is 0.159 e. The standard InChI is InChI=1S/C18H20N4/c1-14-6-8-15(9-7-14)22-17-5-3-2-4-16(17)18(20-22)21-12-10-19-11-13-21/h2-9,19H,10-13H2,1H3. The lowest BCUT2D eigenvalue weighted by Gasteiger charge is -2.27. The van der Waals surface area contributed by atoms with Crippen molar-refractivity contribution < 1.29 is 0 Å². The molecule has 1 N–H and O–H groups in total. The van der Waals surface area contributed by atoms with Crippen molar-refractivity contribution in [3.63, 3.8) is 0 Å². The monoisotopic (exact) mass is 292 g/mol. The van der Waals surface area contributed by atoms with Crippen LogP contribution in [0.2, 0.25) is 0 Å². The van der Waals surface area contributed by atoms with E-state index in [4.69, 9.17) is 5.10 Å². The summed E-state index contributed by atoms with van der Waals surface area (Å²) in [5, 5.41) is 9.56. The van der Waals surface area contributed by atoms with Gasteiger partial charge in [0, 0.05) is 31.6 Å². The van der Waals surface area contributed by atoms with Crippen molar-refractivity contribution in [1.82, 2.24) is 15.1 Å². The van der Waals surface area contributed by atoms with Crippen LogP contribution in [0.1, 0.15) is 5.56 Å². The highest BCUT2D eigenvalue weighted by molar-refractivity contribution is 5.91. The third kappa shape index (κ3) is 2.25. The lowest BCUT2D eigenvalue weighted by atomic mass is 10.2. The molecule has 22 heavy (non-hydrogen) atoms. The quantitative estimate of drug-likeness (QED) is 0.788. The van der Waals surface area contributed by atoms with Crippen molar-refractivity contribution in [3.05, 3.63) is 54.1 Å². The molecule has 4 rings (SSSR count). The minimum absolute atomic E-state index is 1.01. The molecule has 0 atom stereocenters. The Kier molecular flexibility index (Phi) is 3.31. The Hall–Kier alpha value is -2.33. The zero-order valence-electron chi connectivity index (χ0n) is 12.8. The van der Waals surface area contributed by atoms with Gasteiger partial charge in [-0.1, -0.05) is 29.8 Å². The average Bonchev–Trinajstić information content (AvgIpc) is 2.96. The van der Waals surface area contributed by atoms with Crippen LogP contribution < -0.4 is 10.2 Å². The van der Waals surface area contributed by atoms with Crippen molar-refractivity contribution in [2.75, 3.05) is 31.1 Å². The van der Waals surface area contributed by atoms with Gasteiger partial charge < -0.3 is 10.2 Å². The predicted octanol–water partition coefficient (Wildman–Crippen LogP) is 2.74. The maximum absolute atomic E-state index is 4.93. The molecule has 0 amide bonds. The molecule has 0 unspecified atom stereocenters. The molecular formula is C18H20N4. The van der Waals surface area contributed by atoms with E-state index in [-0.39, 0.29) is 0 Å².